The highest BCUT2D eigenvalue weighted by atomic mass is 32.2. The number of rotatable bonds is 10. The number of ether oxygens (including phenoxy) is 1. The molecule has 0 atom stereocenters. The number of nitrogens with zero attached hydrogens (tertiary/aromatic N) is 4. The second kappa shape index (κ2) is 12.8. The van der Waals surface area contributed by atoms with Crippen LogP contribution >= 0.6 is 0 Å². The van der Waals surface area contributed by atoms with Crippen LogP contribution in [0.15, 0.2) is 71.9 Å². The fourth-order valence-corrected chi connectivity index (χ4v) is 4.91. The van der Waals surface area contributed by atoms with Crippen molar-refractivity contribution in [3.8, 4) is 0 Å². The van der Waals surface area contributed by atoms with Gasteiger partial charge in [-0.1, -0.05) is 36.4 Å². The Morgan fingerprint density at radius 2 is 1.61 bits per heavy atom. The minimum absolute atomic E-state index is 0.111. The second-order valence-electron chi connectivity index (χ2n) is 9.97. The number of Topliss-reactive ketones (excluding diaryl/α,β-unsaturated/α-hetero) is 1. The SMILES string of the molecule is CC(=O)c1ccc(CN(Cc2cccc(C(=O)N(CC(=O)O)C(=O)OC(C)(C)C)n2)S(=O)(=O)c2ccccn2)cc1. The summed E-state index contributed by atoms with van der Waals surface area (Å²) in [5.41, 5.74) is -0.0754. The van der Waals surface area contributed by atoms with Crippen LogP contribution in [-0.4, -0.2) is 68.6 Å². The van der Waals surface area contributed by atoms with Crippen LogP contribution in [0.4, 0.5) is 4.79 Å². The molecule has 2 aromatic heterocycles. The van der Waals surface area contributed by atoms with Crippen LogP contribution in [0.5, 0.6) is 0 Å². The van der Waals surface area contributed by atoms with E-state index in [1.54, 1.807) is 51.1 Å². The summed E-state index contributed by atoms with van der Waals surface area (Å²) in [5, 5.41) is 9.06. The van der Waals surface area contributed by atoms with Crippen LogP contribution in [0.2, 0.25) is 0 Å². The van der Waals surface area contributed by atoms with E-state index < -0.39 is 40.1 Å². The number of carboxylic acids is 1. The maximum absolute atomic E-state index is 13.6. The van der Waals surface area contributed by atoms with E-state index in [1.807, 2.05) is 0 Å². The molecular weight excluding hydrogens is 552 g/mol. The van der Waals surface area contributed by atoms with E-state index in [0.717, 1.165) is 4.31 Å². The lowest BCUT2D eigenvalue weighted by Crippen LogP contribution is -2.44. The monoisotopic (exact) mass is 582 g/mol. The summed E-state index contributed by atoms with van der Waals surface area (Å²) in [6.45, 7) is 4.76. The number of carbonyl (C=O) groups is 4. The fourth-order valence-electron chi connectivity index (χ4n) is 3.58. The Morgan fingerprint density at radius 1 is 0.927 bits per heavy atom. The van der Waals surface area contributed by atoms with Gasteiger partial charge in [-0.3, -0.25) is 14.4 Å². The van der Waals surface area contributed by atoms with E-state index in [-0.39, 0.29) is 35.3 Å². The lowest BCUT2D eigenvalue weighted by Gasteiger charge is -2.25. The predicted molar refractivity (Wildman–Crippen MR) is 146 cm³/mol. The van der Waals surface area contributed by atoms with Crippen molar-refractivity contribution in [3.63, 3.8) is 0 Å². The average Bonchev–Trinajstić information content (AvgIpc) is 2.91. The van der Waals surface area contributed by atoms with Gasteiger partial charge in [0.25, 0.3) is 15.9 Å². The smallest absolute Gasteiger partial charge is 0.417 e. The van der Waals surface area contributed by atoms with Crippen LogP contribution in [0.1, 0.15) is 59.8 Å². The molecule has 1 N–H and O–H groups in total. The van der Waals surface area contributed by atoms with Crippen molar-refractivity contribution in [2.45, 2.75) is 51.4 Å². The molecule has 0 aliphatic heterocycles. The van der Waals surface area contributed by atoms with Gasteiger partial charge in [0.2, 0.25) is 0 Å². The summed E-state index contributed by atoms with van der Waals surface area (Å²) in [7, 11) is -4.15. The Bertz CT molecular complexity index is 1540. The van der Waals surface area contributed by atoms with E-state index in [2.05, 4.69) is 9.97 Å². The molecule has 3 rings (SSSR count). The molecule has 0 fully saturated rings. The first kappa shape index (κ1) is 31.0. The predicted octanol–water partition coefficient (Wildman–Crippen LogP) is 3.53. The molecule has 0 aliphatic rings. The number of imide groups is 1. The Balaban J connectivity index is 1.96. The summed E-state index contributed by atoms with van der Waals surface area (Å²) < 4.78 is 33.4. The minimum Gasteiger partial charge on any atom is -0.480 e. The van der Waals surface area contributed by atoms with Crippen LogP contribution in [0.3, 0.4) is 0 Å². The third-order valence-corrected chi connectivity index (χ3v) is 7.19. The van der Waals surface area contributed by atoms with E-state index in [4.69, 9.17) is 4.74 Å². The molecule has 12 nitrogen and oxygen atoms in total. The molecule has 0 bridgehead atoms. The van der Waals surface area contributed by atoms with Gasteiger partial charge in [0.05, 0.1) is 12.2 Å². The molecule has 0 saturated heterocycles. The van der Waals surface area contributed by atoms with E-state index in [1.165, 1.54) is 43.5 Å². The van der Waals surface area contributed by atoms with E-state index in [9.17, 15) is 32.7 Å². The Hall–Kier alpha value is -4.49. The van der Waals surface area contributed by atoms with Gasteiger partial charge in [-0.2, -0.15) is 4.31 Å². The zero-order valence-corrected chi connectivity index (χ0v) is 23.8. The van der Waals surface area contributed by atoms with Crippen molar-refractivity contribution in [2.75, 3.05) is 6.54 Å². The van der Waals surface area contributed by atoms with Crippen molar-refractivity contribution in [3.05, 3.63) is 89.4 Å². The third kappa shape index (κ3) is 8.50. The van der Waals surface area contributed by atoms with Crippen LogP contribution in [-0.2, 0) is 32.6 Å². The number of hydrogen-bond acceptors (Lipinski definition) is 9. The van der Waals surface area contributed by atoms with Crippen LogP contribution in [0, 0.1) is 0 Å². The first-order chi connectivity index (χ1) is 19.2. The number of amides is 2. The summed E-state index contributed by atoms with van der Waals surface area (Å²) in [6.07, 6.45) is 0.184. The van der Waals surface area contributed by atoms with Gasteiger partial charge >= 0.3 is 12.1 Å². The normalized spacial score (nSPS) is 11.6. The molecule has 41 heavy (non-hydrogen) atoms. The average molecular weight is 583 g/mol. The molecule has 0 spiro atoms. The molecule has 1 aromatic carbocycles. The summed E-state index contributed by atoms with van der Waals surface area (Å²) >= 11 is 0. The topological polar surface area (TPSA) is 164 Å². The van der Waals surface area contributed by atoms with Crippen molar-refractivity contribution in [2.24, 2.45) is 0 Å². The van der Waals surface area contributed by atoms with E-state index in [0.29, 0.717) is 16.0 Å². The number of pyridine rings is 2. The molecule has 0 saturated carbocycles. The van der Waals surface area contributed by atoms with Gasteiger partial charge in [0.1, 0.15) is 17.8 Å². The third-order valence-electron chi connectivity index (χ3n) is 5.48. The minimum atomic E-state index is -4.15. The summed E-state index contributed by atoms with van der Waals surface area (Å²) in [6, 6.07) is 15.1. The second-order valence-corrected chi connectivity index (χ2v) is 11.9. The van der Waals surface area contributed by atoms with Crippen molar-refractivity contribution >= 4 is 33.8 Å². The molecule has 0 aliphatic carbocycles. The quantitative estimate of drug-likeness (QED) is 0.350. The molecule has 0 radical (unpaired) electrons. The number of benzene rings is 1. The van der Waals surface area contributed by atoms with Gasteiger partial charge in [-0.05, 0) is 57.5 Å². The standard InChI is InChI=1S/C28H30N4O8S/c1-19(33)21-13-11-20(12-14-21)16-31(41(38,39)24-10-5-6-15-29-24)17-22-8-7-9-23(30-22)26(36)32(18-25(34)35)27(37)40-28(2,3)4/h5-15H,16-18H2,1-4H3,(H,34,35). The Labute approximate surface area is 237 Å². The molecule has 216 valence electrons. The molecule has 0 unspecified atom stereocenters. The number of aromatic nitrogens is 2. The molecular formula is C28H30N4O8S. The van der Waals surface area contributed by atoms with Crippen molar-refractivity contribution in [1.82, 2.24) is 19.2 Å². The number of aliphatic carboxylic acids is 1. The Kier molecular flexibility index (Phi) is 9.68. The maximum Gasteiger partial charge on any atom is 0.417 e. The van der Waals surface area contributed by atoms with Gasteiger partial charge < -0.3 is 9.84 Å². The van der Waals surface area contributed by atoms with Crippen molar-refractivity contribution < 1.29 is 37.4 Å². The highest BCUT2D eigenvalue weighted by Crippen LogP contribution is 2.20. The number of carbonyl (C=O) groups excluding carboxylic acids is 3. The zero-order valence-electron chi connectivity index (χ0n) is 23.0. The molecule has 13 heteroatoms. The van der Waals surface area contributed by atoms with Crippen LogP contribution < -0.4 is 0 Å². The number of hydrogen-bond donors (Lipinski definition) is 1. The molecule has 2 amide bonds. The van der Waals surface area contributed by atoms with E-state index >= 15 is 0 Å². The van der Waals surface area contributed by atoms with Gasteiger partial charge in [0.15, 0.2) is 10.8 Å². The first-order valence-corrected chi connectivity index (χ1v) is 13.8. The van der Waals surface area contributed by atoms with Gasteiger partial charge in [-0.25, -0.2) is 28.1 Å². The summed E-state index contributed by atoms with van der Waals surface area (Å²) in [4.78, 5) is 57.4. The number of carboxylic acid groups (broad SMARTS) is 1. The number of ketones is 1. The van der Waals surface area contributed by atoms with Gasteiger partial charge in [0, 0.05) is 18.3 Å². The largest absolute Gasteiger partial charge is 0.480 e. The fraction of sp³-hybridized carbons (Fsp3) is 0.286. The van der Waals surface area contributed by atoms with Gasteiger partial charge in [-0.15, -0.1) is 0 Å². The maximum atomic E-state index is 13.6. The highest BCUT2D eigenvalue weighted by Gasteiger charge is 2.31. The van der Waals surface area contributed by atoms with Crippen LogP contribution in [0.25, 0.3) is 0 Å². The first-order valence-electron chi connectivity index (χ1n) is 12.4. The number of sulfonamides is 1. The lowest BCUT2D eigenvalue weighted by molar-refractivity contribution is -0.137. The lowest BCUT2D eigenvalue weighted by atomic mass is 10.1. The Morgan fingerprint density at radius 3 is 2.17 bits per heavy atom. The molecule has 2 heterocycles. The summed E-state index contributed by atoms with van der Waals surface area (Å²) in [5.74, 6) is -2.60. The molecule has 3 aromatic rings. The highest BCUT2D eigenvalue weighted by molar-refractivity contribution is 7.89. The zero-order chi connectivity index (χ0) is 30.4. The van der Waals surface area contributed by atoms with Crippen molar-refractivity contribution in [1.29, 1.82) is 0 Å².